The highest BCUT2D eigenvalue weighted by Crippen LogP contribution is 2.25. The predicted octanol–water partition coefficient (Wildman–Crippen LogP) is 2.43. The zero-order valence-electron chi connectivity index (χ0n) is 16.4. The van der Waals surface area contributed by atoms with Gasteiger partial charge < -0.3 is 10.6 Å². The molecule has 0 radical (unpaired) electrons. The van der Waals surface area contributed by atoms with Crippen molar-refractivity contribution >= 4 is 39.8 Å². The van der Waals surface area contributed by atoms with E-state index < -0.39 is 9.84 Å². The van der Waals surface area contributed by atoms with Crippen LogP contribution in [0.4, 0.5) is 0 Å². The van der Waals surface area contributed by atoms with E-state index in [9.17, 15) is 8.42 Å². The number of hydrogen-bond donors (Lipinski definition) is 2. The monoisotopic (exact) mass is 508 g/mol. The summed E-state index contributed by atoms with van der Waals surface area (Å²) in [6.45, 7) is 7.67. The van der Waals surface area contributed by atoms with E-state index in [0.29, 0.717) is 19.0 Å². The minimum Gasteiger partial charge on any atom is -0.357 e. The lowest BCUT2D eigenvalue weighted by Gasteiger charge is -2.27. The minimum atomic E-state index is -2.97. The lowest BCUT2D eigenvalue weighted by atomic mass is 10.1. The first-order valence-electron chi connectivity index (χ1n) is 9.57. The van der Waals surface area contributed by atoms with Gasteiger partial charge in [0.1, 0.15) is 0 Å². The summed E-state index contributed by atoms with van der Waals surface area (Å²) in [4.78, 5) is 7.23. The first kappa shape index (κ1) is 24.2. The van der Waals surface area contributed by atoms with Crippen LogP contribution in [0.15, 0.2) is 35.3 Å². The van der Waals surface area contributed by atoms with Gasteiger partial charge in [-0.2, -0.15) is 0 Å². The maximum atomic E-state index is 11.7. The van der Waals surface area contributed by atoms with Gasteiger partial charge >= 0.3 is 0 Å². The molecule has 1 unspecified atom stereocenters. The van der Waals surface area contributed by atoms with Crippen molar-refractivity contribution in [3.63, 3.8) is 0 Å². The summed E-state index contributed by atoms with van der Waals surface area (Å²) in [5.74, 6) is 0.981. The average molecular weight is 508 g/mol. The van der Waals surface area contributed by atoms with Crippen LogP contribution in [0.2, 0.25) is 0 Å². The Bertz CT molecular complexity index is 662. The molecule has 0 spiro atoms. The fourth-order valence-electron chi connectivity index (χ4n) is 3.15. The molecular formula is C19H33IN4O2S. The SMILES string of the molecule is CCNC(=NCC(c1ccccc1)N1CCCC1)NCCS(=O)(=O)CC.I. The van der Waals surface area contributed by atoms with Crippen LogP contribution < -0.4 is 10.6 Å². The topological polar surface area (TPSA) is 73.8 Å². The largest absolute Gasteiger partial charge is 0.357 e. The van der Waals surface area contributed by atoms with E-state index in [1.54, 1.807) is 6.92 Å². The molecule has 0 bridgehead atoms. The highest BCUT2D eigenvalue weighted by Gasteiger charge is 2.23. The van der Waals surface area contributed by atoms with Crippen molar-refractivity contribution in [1.82, 2.24) is 15.5 Å². The molecule has 27 heavy (non-hydrogen) atoms. The first-order valence-corrected chi connectivity index (χ1v) is 11.4. The van der Waals surface area contributed by atoms with Gasteiger partial charge in [0.15, 0.2) is 15.8 Å². The Morgan fingerprint density at radius 2 is 1.81 bits per heavy atom. The molecule has 1 heterocycles. The normalized spacial score (nSPS) is 16.6. The van der Waals surface area contributed by atoms with E-state index in [1.165, 1.54) is 18.4 Å². The summed E-state index contributed by atoms with van der Waals surface area (Å²) < 4.78 is 23.3. The predicted molar refractivity (Wildman–Crippen MR) is 124 cm³/mol. The molecule has 154 valence electrons. The van der Waals surface area contributed by atoms with Crippen molar-refractivity contribution in [2.24, 2.45) is 4.99 Å². The number of aliphatic imine (C=N–C) groups is 1. The summed E-state index contributed by atoms with van der Waals surface area (Å²) in [5.41, 5.74) is 1.28. The Morgan fingerprint density at radius 1 is 1.15 bits per heavy atom. The molecule has 1 atom stereocenters. The second-order valence-electron chi connectivity index (χ2n) is 6.55. The fourth-order valence-corrected chi connectivity index (χ4v) is 3.85. The molecule has 1 aliphatic rings. The lowest BCUT2D eigenvalue weighted by Crippen LogP contribution is -2.40. The van der Waals surface area contributed by atoms with Crippen LogP contribution in [0, 0.1) is 0 Å². The molecule has 2 rings (SSSR count). The maximum absolute atomic E-state index is 11.7. The molecule has 1 fully saturated rings. The molecule has 1 aliphatic heterocycles. The molecule has 0 aromatic heterocycles. The first-order chi connectivity index (χ1) is 12.6. The number of nitrogens with zero attached hydrogens (tertiary/aromatic N) is 2. The highest BCUT2D eigenvalue weighted by molar-refractivity contribution is 14.0. The summed E-state index contributed by atoms with van der Waals surface area (Å²) in [7, 11) is -2.97. The van der Waals surface area contributed by atoms with E-state index in [4.69, 9.17) is 4.99 Å². The molecule has 1 aromatic carbocycles. The highest BCUT2D eigenvalue weighted by atomic mass is 127. The van der Waals surface area contributed by atoms with E-state index in [-0.39, 0.29) is 41.5 Å². The minimum absolute atomic E-state index is 0. The Balaban J connectivity index is 0.00000364. The number of rotatable bonds is 9. The van der Waals surface area contributed by atoms with Crippen LogP contribution in [0.25, 0.3) is 0 Å². The van der Waals surface area contributed by atoms with Gasteiger partial charge in [-0.05, 0) is 38.4 Å². The van der Waals surface area contributed by atoms with Gasteiger partial charge in [0, 0.05) is 18.8 Å². The van der Waals surface area contributed by atoms with Gasteiger partial charge in [0.2, 0.25) is 0 Å². The summed E-state index contributed by atoms with van der Waals surface area (Å²) in [6.07, 6.45) is 2.47. The smallest absolute Gasteiger partial charge is 0.191 e. The maximum Gasteiger partial charge on any atom is 0.191 e. The fraction of sp³-hybridized carbons (Fsp3) is 0.632. The third-order valence-corrected chi connectivity index (χ3v) is 6.38. The van der Waals surface area contributed by atoms with Gasteiger partial charge in [-0.3, -0.25) is 9.89 Å². The molecule has 8 heteroatoms. The third-order valence-electron chi connectivity index (χ3n) is 4.68. The molecule has 2 N–H and O–H groups in total. The molecule has 1 aromatic rings. The zero-order valence-corrected chi connectivity index (χ0v) is 19.5. The number of likely N-dealkylation sites (tertiary alicyclic amines) is 1. The number of sulfone groups is 1. The second kappa shape index (κ2) is 12.6. The van der Waals surface area contributed by atoms with Gasteiger partial charge in [-0.1, -0.05) is 37.3 Å². The lowest BCUT2D eigenvalue weighted by molar-refractivity contribution is 0.251. The molecule has 6 nitrogen and oxygen atoms in total. The molecule has 0 saturated carbocycles. The third kappa shape index (κ3) is 8.35. The van der Waals surface area contributed by atoms with Gasteiger partial charge in [0.05, 0.1) is 18.3 Å². The van der Waals surface area contributed by atoms with E-state index in [1.807, 2.05) is 13.0 Å². The Labute approximate surface area is 181 Å². The van der Waals surface area contributed by atoms with Gasteiger partial charge in [0.25, 0.3) is 0 Å². The van der Waals surface area contributed by atoms with Gasteiger partial charge in [-0.15, -0.1) is 24.0 Å². The summed E-state index contributed by atoms with van der Waals surface area (Å²) in [6, 6.07) is 10.8. The van der Waals surface area contributed by atoms with E-state index in [0.717, 1.165) is 19.6 Å². The molecule has 0 aliphatic carbocycles. The Hall–Kier alpha value is -0.870. The Kier molecular flexibility index (Phi) is 11.2. The zero-order chi connectivity index (χ0) is 18.8. The average Bonchev–Trinajstić information content (AvgIpc) is 3.17. The molecule has 0 amide bonds. The standard InChI is InChI=1S/C19H32N4O2S.HI/c1-3-20-19(21-12-15-26(24,25)4-2)22-16-18(23-13-8-9-14-23)17-10-6-5-7-11-17;/h5-7,10-11,18H,3-4,8-9,12-16H2,1-2H3,(H2,20,21,22);1H. The van der Waals surface area contributed by atoms with E-state index in [2.05, 4.69) is 39.8 Å². The van der Waals surface area contributed by atoms with Crippen molar-refractivity contribution in [3.8, 4) is 0 Å². The van der Waals surface area contributed by atoms with Crippen molar-refractivity contribution in [1.29, 1.82) is 0 Å². The number of halogens is 1. The summed E-state index contributed by atoms with van der Waals surface area (Å²) >= 11 is 0. The Morgan fingerprint density at radius 3 is 2.41 bits per heavy atom. The van der Waals surface area contributed by atoms with Crippen molar-refractivity contribution in [3.05, 3.63) is 35.9 Å². The van der Waals surface area contributed by atoms with Crippen LogP contribution in [-0.4, -0.2) is 63.5 Å². The van der Waals surface area contributed by atoms with Crippen molar-refractivity contribution < 1.29 is 8.42 Å². The van der Waals surface area contributed by atoms with E-state index >= 15 is 0 Å². The van der Waals surface area contributed by atoms with Crippen LogP contribution >= 0.6 is 24.0 Å². The van der Waals surface area contributed by atoms with Crippen molar-refractivity contribution in [2.45, 2.75) is 32.7 Å². The second-order valence-corrected chi connectivity index (χ2v) is 9.03. The van der Waals surface area contributed by atoms with Gasteiger partial charge in [-0.25, -0.2) is 8.42 Å². The van der Waals surface area contributed by atoms with Crippen LogP contribution in [0.5, 0.6) is 0 Å². The number of benzene rings is 1. The van der Waals surface area contributed by atoms with Crippen LogP contribution in [0.1, 0.15) is 38.3 Å². The summed E-state index contributed by atoms with van der Waals surface area (Å²) in [5, 5.41) is 6.36. The molecular weight excluding hydrogens is 475 g/mol. The number of nitrogens with one attached hydrogen (secondary N) is 2. The molecule has 1 saturated heterocycles. The van der Waals surface area contributed by atoms with Crippen molar-refractivity contribution in [2.75, 3.05) is 44.2 Å². The quantitative estimate of drug-likeness (QED) is 0.305. The number of guanidine groups is 1. The number of hydrogen-bond acceptors (Lipinski definition) is 4. The van der Waals surface area contributed by atoms with Crippen LogP contribution in [0.3, 0.4) is 0 Å². The van der Waals surface area contributed by atoms with Crippen LogP contribution in [-0.2, 0) is 9.84 Å².